The molecule has 0 bridgehead atoms. The zero-order valence-electron chi connectivity index (χ0n) is 17.0. The van der Waals surface area contributed by atoms with E-state index in [1.54, 1.807) is 7.05 Å². The number of nitrogens with zero attached hydrogens (tertiary/aromatic N) is 2. The number of carbonyl (C=O) groups is 1. The van der Waals surface area contributed by atoms with Crippen LogP contribution in [0.15, 0.2) is 29.3 Å². The summed E-state index contributed by atoms with van der Waals surface area (Å²) in [6, 6.07) is 8.42. The van der Waals surface area contributed by atoms with Crippen LogP contribution in [0.2, 0.25) is 5.02 Å². The highest BCUT2D eigenvalue weighted by molar-refractivity contribution is 6.30. The first-order valence-corrected chi connectivity index (χ1v) is 10.4. The van der Waals surface area contributed by atoms with E-state index >= 15 is 0 Å². The first kappa shape index (κ1) is 21.5. The molecule has 0 aliphatic carbocycles. The van der Waals surface area contributed by atoms with Gasteiger partial charge >= 0.3 is 0 Å². The molecule has 2 rings (SSSR count). The number of aliphatic imine (C=N–C) groups is 1. The Hall–Kier alpha value is -1.75. The number of nitrogens with one attached hydrogen (secondary N) is 2. The Balaban J connectivity index is 1.99. The van der Waals surface area contributed by atoms with Crippen LogP contribution in [0.1, 0.15) is 52.0 Å². The van der Waals surface area contributed by atoms with E-state index in [1.165, 1.54) is 5.56 Å². The van der Waals surface area contributed by atoms with E-state index in [4.69, 9.17) is 11.6 Å². The number of benzene rings is 1. The van der Waals surface area contributed by atoms with Crippen LogP contribution in [0, 0.1) is 0 Å². The topological polar surface area (TPSA) is 56.7 Å². The van der Waals surface area contributed by atoms with E-state index in [0.29, 0.717) is 6.42 Å². The maximum atomic E-state index is 11.9. The zero-order chi connectivity index (χ0) is 19.9. The number of hydrogen-bond donors (Lipinski definition) is 2. The molecule has 0 spiro atoms. The lowest BCUT2D eigenvalue weighted by atomic mass is 9.76. The molecule has 1 heterocycles. The van der Waals surface area contributed by atoms with Crippen molar-refractivity contribution in [3.8, 4) is 0 Å². The van der Waals surface area contributed by atoms with Gasteiger partial charge in [-0.1, -0.05) is 44.5 Å². The monoisotopic (exact) mass is 392 g/mol. The quantitative estimate of drug-likeness (QED) is 0.550. The minimum Gasteiger partial charge on any atom is -0.356 e. The van der Waals surface area contributed by atoms with Gasteiger partial charge in [0.15, 0.2) is 5.96 Å². The van der Waals surface area contributed by atoms with E-state index in [-0.39, 0.29) is 17.4 Å². The van der Waals surface area contributed by atoms with Gasteiger partial charge in [0.05, 0.1) is 0 Å². The molecule has 2 N–H and O–H groups in total. The molecule has 27 heavy (non-hydrogen) atoms. The highest BCUT2D eigenvalue weighted by atomic mass is 35.5. The van der Waals surface area contributed by atoms with Crippen molar-refractivity contribution in [2.75, 3.05) is 26.7 Å². The summed E-state index contributed by atoms with van der Waals surface area (Å²) in [7, 11) is 1.79. The average Bonchev–Trinajstić information content (AvgIpc) is 3.17. The summed E-state index contributed by atoms with van der Waals surface area (Å²) in [5.41, 5.74) is 1.32. The fraction of sp³-hybridized carbons (Fsp3) is 0.619. The molecule has 1 aliphatic rings. The number of rotatable bonds is 7. The number of guanidine groups is 1. The van der Waals surface area contributed by atoms with Crippen molar-refractivity contribution >= 4 is 23.5 Å². The minimum atomic E-state index is 0.0299. The molecule has 0 saturated carbocycles. The summed E-state index contributed by atoms with van der Waals surface area (Å²) >= 11 is 6.07. The van der Waals surface area contributed by atoms with Crippen molar-refractivity contribution in [2.24, 2.45) is 4.99 Å². The molecule has 1 aromatic rings. The fourth-order valence-electron chi connectivity index (χ4n) is 3.78. The number of carbonyl (C=O) groups excluding carboxylic acids is 1. The Morgan fingerprint density at radius 1 is 1.26 bits per heavy atom. The second-order valence-electron chi connectivity index (χ2n) is 7.24. The first-order chi connectivity index (χ1) is 13.0. The second-order valence-corrected chi connectivity index (χ2v) is 7.68. The smallest absolute Gasteiger partial charge is 0.222 e. The van der Waals surface area contributed by atoms with E-state index in [0.717, 1.165) is 49.9 Å². The Labute approximate surface area is 168 Å². The highest BCUT2D eigenvalue weighted by Crippen LogP contribution is 2.31. The van der Waals surface area contributed by atoms with Crippen LogP contribution in [-0.2, 0) is 10.2 Å². The Kier molecular flexibility index (Phi) is 7.96. The molecule has 150 valence electrons. The van der Waals surface area contributed by atoms with Gasteiger partial charge < -0.3 is 15.5 Å². The van der Waals surface area contributed by atoms with E-state index in [2.05, 4.69) is 41.6 Å². The van der Waals surface area contributed by atoms with Crippen LogP contribution in [0.25, 0.3) is 0 Å². The van der Waals surface area contributed by atoms with Crippen molar-refractivity contribution < 1.29 is 4.79 Å². The summed E-state index contributed by atoms with van der Waals surface area (Å²) in [6.07, 6.45) is 3.57. The molecule has 1 aromatic carbocycles. The van der Waals surface area contributed by atoms with Crippen LogP contribution in [0.3, 0.4) is 0 Å². The van der Waals surface area contributed by atoms with E-state index in [1.807, 2.05) is 24.0 Å². The highest BCUT2D eigenvalue weighted by Gasteiger charge is 2.30. The molecule has 1 atom stereocenters. The summed E-state index contributed by atoms with van der Waals surface area (Å²) in [4.78, 5) is 18.2. The third-order valence-corrected chi connectivity index (χ3v) is 6.06. The average molecular weight is 393 g/mol. The van der Waals surface area contributed by atoms with Gasteiger partial charge in [-0.3, -0.25) is 9.79 Å². The predicted molar refractivity (Wildman–Crippen MR) is 113 cm³/mol. The number of likely N-dealkylation sites (tertiary alicyclic amines) is 1. The standard InChI is InChI=1S/C21H33ClN4O/c1-5-19(27)26-13-12-18(14-26)25-20(23-4)24-15-21(6-2,7-3)16-8-10-17(22)11-9-16/h8-11,18H,5-7,12-15H2,1-4H3,(H2,23,24,25). The van der Waals surface area contributed by atoms with Gasteiger partial charge in [0, 0.05) is 49.6 Å². The van der Waals surface area contributed by atoms with Gasteiger partial charge in [-0.25, -0.2) is 0 Å². The maximum Gasteiger partial charge on any atom is 0.222 e. The molecular weight excluding hydrogens is 360 g/mol. The molecule has 5 nitrogen and oxygen atoms in total. The van der Waals surface area contributed by atoms with Crippen LogP contribution in [0.5, 0.6) is 0 Å². The largest absolute Gasteiger partial charge is 0.356 e. The Morgan fingerprint density at radius 3 is 2.48 bits per heavy atom. The summed E-state index contributed by atoms with van der Waals surface area (Å²) in [5.74, 6) is 1.02. The van der Waals surface area contributed by atoms with Gasteiger partial charge in [0.25, 0.3) is 0 Å². The maximum absolute atomic E-state index is 11.9. The van der Waals surface area contributed by atoms with Crippen molar-refractivity contribution in [3.05, 3.63) is 34.9 Å². The van der Waals surface area contributed by atoms with E-state index in [9.17, 15) is 4.79 Å². The second kappa shape index (κ2) is 9.98. The lowest BCUT2D eigenvalue weighted by Crippen LogP contribution is -2.49. The van der Waals surface area contributed by atoms with Crippen molar-refractivity contribution in [3.63, 3.8) is 0 Å². The third-order valence-electron chi connectivity index (χ3n) is 5.81. The van der Waals surface area contributed by atoms with Gasteiger partial charge in [0.2, 0.25) is 5.91 Å². The van der Waals surface area contributed by atoms with Crippen molar-refractivity contribution in [1.29, 1.82) is 0 Å². The molecular formula is C21H33ClN4O. The lowest BCUT2D eigenvalue weighted by molar-refractivity contribution is -0.129. The van der Waals surface area contributed by atoms with Crippen LogP contribution in [-0.4, -0.2) is 49.5 Å². The molecule has 1 amide bonds. The Morgan fingerprint density at radius 2 is 1.93 bits per heavy atom. The molecule has 1 saturated heterocycles. The fourth-order valence-corrected chi connectivity index (χ4v) is 3.91. The van der Waals surface area contributed by atoms with Crippen LogP contribution in [0.4, 0.5) is 0 Å². The number of hydrogen-bond acceptors (Lipinski definition) is 2. The van der Waals surface area contributed by atoms with Crippen molar-refractivity contribution in [2.45, 2.75) is 57.9 Å². The van der Waals surface area contributed by atoms with E-state index < -0.39 is 0 Å². The molecule has 1 aliphatic heterocycles. The molecule has 6 heteroatoms. The zero-order valence-corrected chi connectivity index (χ0v) is 17.8. The molecule has 1 unspecified atom stereocenters. The number of halogens is 1. The van der Waals surface area contributed by atoms with Crippen LogP contribution >= 0.6 is 11.6 Å². The van der Waals surface area contributed by atoms with Gasteiger partial charge in [0.1, 0.15) is 0 Å². The van der Waals surface area contributed by atoms with Gasteiger partial charge in [-0.2, -0.15) is 0 Å². The van der Waals surface area contributed by atoms with Gasteiger partial charge in [-0.05, 0) is 37.0 Å². The van der Waals surface area contributed by atoms with Crippen LogP contribution < -0.4 is 10.6 Å². The molecule has 0 aromatic heterocycles. The summed E-state index contributed by atoms with van der Waals surface area (Å²) < 4.78 is 0. The number of amides is 1. The third kappa shape index (κ3) is 5.38. The SMILES string of the molecule is CCC(=O)N1CCC(NC(=NC)NCC(CC)(CC)c2ccc(Cl)cc2)C1. The van der Waals surface area contributed by atoms with Gasteiger partial charge in [-0.15, -0.1) is 0 Å². The predicted octanol–water partition coefficient (Wildman–Crippen LogP) is 3.57. The summed E-state index contributed by atoms with van der Waals surface area (Å²) in [5, 5.41) is 7.75. The molecule has 0 radical (unpaired) electrons. The molecule has 1 fully saturated rings. The normalized spacial score (nSPS) is 17.9. The summed E-state index contributed by atoms with van der Waals surface area (Å²) in [6.45, 7) is 8.72. The lowest BCUT2D eigenvalue weighted by Gasteiger charge is -2.33. The first-order valence-electron chi connectivity index (χ1n) is 9.99. The minimum absolute atomic E-state index is 0.0299. The Bertz CT molecular complexity index is 640. The van der Waals surface area contributed by atoms with Crippen molar-refractivity contribution in [1.82, 2.24) is 15.5 Å².